The van der Waals surface area contributed by atoms with Gasteiger partial charge in [-0.3, -0.25) is 0 Å². The Bertz CT molecular complexity index is 3370. The summed E-state index contributed by atoms with van der Waals surface area (Å²) in [5, 5.41) is 9.84. The van der Waals surface area contributed by atoms with Crippen molar-refractivity contribution in [2.45, 2.75) is 0 Å². The maximum atomic E-state index is 6.37. The van der Waals surface area contributed by atoms with Crippen LogP contribution in [0, 0.1) is 0 Å². The highest BCUT2D eigenvalue weighted by atomic mass is 16.5. The summed E-state index contributed by atoms with van der Waals surface area (Å²) < 4.78 is 8.74. The summed E-state index contributed by atoms with van der Waals surface area (Å²) in [6.45, 7) is 0. The second-order valence-electron chi connectivity index (χ2n) is 14.9. The first-order chi connectivity index (χ1) is 28.3. The van der Waals surface area contributed by atoms with Gasteiger partial charge in [-0.05, 0) is 104 Å². The molecule has 0 fully saturated rings. The molecule has 0 aliphatic carbocycles. The van der Waals surface area contributed by atoms with Crippen LogP contribution in [0.4, 0.5) is 17.1 Å². The van der Waals surface area contributed by atoms with Crippen molar-refractivity contribution in [3.63, 3.8) is 0 Å². The Morgan fingerprint density at radius 3 is 1.79 bits per heavy atom. The lowest BCUT2D eigenvalue weighted by Crippen LogP contribution is -2.10. The van der Waals surface area contributed by atoms with Crippen molar-refractivity contribution in [1.82, 2.24) is 4.57 Å². The van der Waals surface area contributed by atoms with Gasteiger partial charge in [-0.15, -0.1) is 0 Å². The molecular weight excluding hydrogens is 693 g/mol. The SMILES string of the molecule is c1ccc2c(c1)Oc1cccc3c4ccc(-c5ccc(N(c6ccc(-c7cccc8ccccc78)cc6)c6cc7ccccc7c7ccccc67)cc5)cc4n-2c13. The van der Waals surface area contributed by atoms with Gasteiger partial charge >= 0.3 is 0 Å². The van der Waals surface area contributed by atoms with E-state index in [-0.39, 0.29) is 0 Å². The van der Waals surface area contributed by atoms with E-state index in [0.29, 0.717) is 0 Å². The summed E-state index contributed by atoms with van der Waals surface area (Å²) in [7, 11) is 0. The molecule has 0 unspecified atom stereocenters. The fourth-order valence-corrected chi connectivity index (χ4v) is 9.11. The largest absolute Gasteiger partial charge is 0.453 e. The molecule has 0 amide bonds. The number of fused-ring (bicyclic) bond motifs is 9. The van der Waals surface area contributed by atoms with Crippen LogP contribution in [-0.4, -0.2) is 4.57 Å². The predicted molar refractivity (Wildman–Crippen MR) is 239 cm³/mol. The van der Waals surface area contributed by atoms with Gasteiger partial charge in [0.05, 0.1) is 22.4 Å². The van der Waals surface area contributed by atoms with Crippen LogP contribution in [0.3, 0.4) is 0 Å². The molecule has 0 bridgehead atoms. The number of rotatable bonds is 5. The average molecular weight is 727 g/mol. The predicted octanol–water partition coefficient (Wildman–Crippen LogP) is 15.2. The second kappa shape index (κ2) is 12.5. The molecule has 0 spiro atoms. The van der Waals surface area contributed by atoms with E-state index in [1.165, 1.54) is 65.3 Å². The number of anilines is 3. The summed E-state index contributed by atoms with van der Waals surface area (Å²) in [5.41, 5.74) is 11.5. The zero-order chi connectivity index (χ0) is 37.5. The molecule has 3 heteroatoms. The van der Waals surface area contributed by atoms with Gasteiger partial charge in [0.25, 0.3) is 0 Å². The van der Waals surface area contributed by atoms with E-state index >= 15 is 0 Å². The van der Waals surface area contributed by atoms with Crippen molar-refractivity contribution in [2.75, 3.05) is 4.90 Å². The van der Waals surface area contributed by atoms with Crippen molar-refractivity contribution in [3.05, 3.63) is 206 Å². The summed E-state index contributed by atoms with van der Waals surface area (Å²) in [6, 6.07) is 74.6. The molecule has 0 saturated carbocycles. The van der Waals surface area contributed by atoms with Gasteiger partial charge in [0.1, 0.15) is 0 Å². The zero-order valence-corrected chi connectivity index (χ0v) is 30.9. The number of benzene rings is 10. The molecule has 266 valence electrons. The number of nitrogens with zero attached hydrogens (tertiary/aromatic N) is 2. The Balaban J connectivity index is 1.01. The van der Waals surface area contributed by atoms with Crippen LogP contribution in [0.25, 0.3) is 82.1 Å². The first-order valence-electron chi connectivity index (χ1n) is 19.5. The quantitative estimate of drug-likeness (QED) is 0.164. The summed E-state index contributed by atoms with van der Waals surface area (Å²) in [6.07, 6.45) is 0. The highest BCUT2D eigenvalue weighted by Gasteiger charge is 2.24. The molecule has 3 nitrogen and oxygen atoms in total. The topological polar surface area (TPSA) is 17.4 Å². The highest BCUT2D eigenvalue weighted by Crippen LogP contribution is 2.47. The van der Waals surface area contributed by atoms with Gasteiger partial charge in [0.2, 0.25) is 0 Å². The fraction of sp³-hybridized carbons (Fsp3) is 0. The Labute approximate surface area is 329 Å². The number of hydrogen-bond acceptors (Lipinski definition) is 2. The normalized spacial score (nSPS) is 12.0. The molecule has 0 N–H and O–H groups in total. The average Bonchev–Trinajstić information content (AvgIpc) is 3.62. The van der Waals surface area contributed by atoms with E-state index < -0.39 is 0 Å². The van der Waals surface area contributed by atoms with Crippen LogP contribution >= 0.6 is 0 Å². The zero-order valence-electron chi connectivity index (χ0n) is 30.9. The maximum absolute atomic E-state index is 6.37. The van der Waals surface area contributed by atoms with E-state index in [2.05, 4.69) is 204 Å². The maximum Gasteiger partial charge on any atom is 0.152 e. The van der Waals surface area contributed by atoms with Gasteiger partial charge in [-0.25, -0.2) is 0 Å². The Kier molecular flexibility index (Phi) is 6.93. The Morgan fingerprint density at radius 1 is 0.368 bits per heavy atom. The van der Waals surface area contributed by atoms with Gasteiger partial charge in [0, 0.05) is 27.5 Å². The third-order valence-corrected chi connectivity index (χ3v) is 11.7. The molecule has 57 heavy (non-hydrogen) atoms. The molecule has 12 rings (SSSR count). The van der Waals surface area contributed by atoms with Crippen LogP contribution in [0.15, 0.2) is 206 Å². The number of hydrogen-bond donors (Lipinski definition) is 0. The monoisotopic (exact) mass is 726 g/mol. The molecule has 2 heterocycles. The molecule has 1 aliphatic heterocycles. The van der Waals surface area contributed by atoms with E-state index in [1.807, 2.05) is 12.1 Å². The lowest BCUT2D eigenvalue weighted by Gasteiger charge is -2.28. The molecule has 0 radical (unpaired) electrons. The Hall–Kier alpha value is -7.62. The molecule has 0 saturated heterocycles. The van der Waals surface area contributed by atoms with Crippen molar-refractivity contribution in [1.29, 1.82) is 0 Å². The van der Waals surface area contributed by atoms with Gasteiger partial charge < -0.3 is 14.2 Å². The summed E-state index contributed by atoms with van der Waals surface area (Å²) in [4.78, 5) is 2.41. The fourth-order valence-electron chi connectivity index (χ4n) is 9.11. The van der Waals surface area contributed by atoms with Crippen LogP contribution in [0.1, 0.15) is 0 Å². The summed E-state index contributed by atoms with van der Waals surface area (Å²) in [5.74, 6) is 1.76. The van der Waals surface area contributed by atoms with Crippen LogP contribution < -0.4 is 9.64 Å². The van der Waals surface area contributed by atoms with Gasteiger partial charge in [-0.1, -0.05) is 152 Å². The minimum atomic E-state index is 0.871. The van der Waals surface area contributed by atoms with E-state index in [0.717, 1.165) is 45.3 Å². The second-order valence-corrected chi connectivity index (χ2v) is 14.9. The molecule has 1 aliphatic rings. The number of para-hydroxylation sites is 3. The number of aromatic nitrogens is 1. The van der Waals surface area contributed by atoms with E-state index in [9.17, 15) is 0 Å². The molecule has 0 atom stereocenters. The van der Waals surface area contributed by atoms with Crippen molar-refractivity contribution >= 4 is 71.2 Å². The lowest BCUT2D eigenvalue weighted by molar-refractivity contribution is 0.476. The lowest BCUT2D eigenvalue weighted by atomic mass is 9.97. The third kappa shape index (κ3) is 4.92. The highest BCUT2D eigenvalue weighted by molar-refractivity contribution is 6.15. The molecule has 1 aromatic heterocycles. The molecule has 11 aromatic rings. The van der Waals surface area contributed by atoms with E-state index in [1.54, 1.807) is 0 Å². The van der Waals surface area contributed by atoms with Crippen molar-refractivity contribution < 1.29 is 4.74 Å². The third-order valence-electron chi connectivity index (χ3n) is 11.7. The van der Waals surface area contributed by atoms with Crippen LogP contribution in [0.5, 0.6) is 11.5 Å². The minimum absolute atomic E-state index is 0.871. The van der Waals surface area contributed by atoms with E-state index in [4.69, 9.17) is 4.74 Å². The Morgan fingerprint density at radius 2 is 0.965 bits per heavy atom. The molecule has 10 aromatic carbocycles. The van der Waals surface area contributed by atoms with Crippen LogP contribution in [0.2, 0.25) is 0 Å². The summed E-state index contributed by atoms with van der Waals surface area (Å²) >= 11 is 0. The van der Waals surface area contributed by atoms with Gasteiger partial charge in [-0.2, -0.15) is 0 Å². The first-order valence-corrected chi connectivity index (χ1v) is 19.5. The standard InChI is InChI=1S/C54H34N2O/c1-3-14-42-36(11-1)13-9-18-43(42)37-25-30-41(31-26-37)55(50-34-39-12-2-4-15-44(39)45-16-5-6-17-46(45)50)40-28-23-35(24-29-40)38-27-32-47-48-19-10-22-53-54(48)56(51(47)33-38)49-20-7-8-21-52(49)57-53/h1-34H. The van der Waals surface area contributed by atoms with Crippen molar-refractivity contribution in [2.24, 2.45) is 0 Å². The first kappa shape index (κ1) is 31.7. The minimum Gasteiger partial charge on any atom is -0.453 e. The van der Waals surface area contributed by atoms with Crippen LogP contribution in [-0.2, 0) is 0 Å². The molecular formula is C54H34N2O. The smallest absolute Gasteiger partial charge is 0.152 e. The van der Waals surface area contributed by atoms with Crippen molar-refractivity contribution in [3.8, 4) is 39.4 Å². The number of ether oxygens (including phenoxy) is 1. The van der Waals surface area contributed by atoms with Gasteiger partial charge in [0.15, 0.2) is 11.5 Å².